The van der Waals surface area contributed by atoms with E-state index in [1.165, 1.54) is 30.4 Å². The number of hydrogen-bond donors (Lipinski definition) is 1. The van der Waals surface area contributed by atoms with Crippen molar-refractivity contribution in [2.45, 2.75) is 65.0 Å². The molecule has 1 heterocycles. The third-order valence-electron chi connectivity index (χ3n) is 4.93. The normalized spacial score (nSPS) is 24.1. The van der Waals surface area contributed by atoms with E-state index in [9.17, 15) is 0 Å². The minimum absolute atomic E-state index is 0.352. The van der Waals surface area contributed by atoms with Gasteiger partial charge in [-0.2, -0.15) is 0 Å². The second-order valence-corrected chi connectivity index (χ2v) is 7.08. The zero-order valence-electron chi connectivity index (χ0n) is 13.0. The molecule has 1 aliphatic heterocycles. The Bertz CT molecular complexity index is 480. The largest absolute Gasteiger partial charge is 0.490 e. The fraction of sp³-hybridized carbons (Fsp3) is 0.667. The van der Waals surface area contributed by atoms with Crippen molar-refractivity contribution in [3.05, 3.63) is 29.3 Å². The Hall–Kier alpha value is -1.02. The van der Waals surface area contributed by atoms with E-state index in [0.29, 0.717) is 11.5 Å². The van der Waals surface area contributed by atoms with Gasteiger partial charge in [0.15, 0.2) is 0 Å². The predicted molar refractivity (Wildman–Crippen MR) is 83.3 cm³/mol. The van der Waals surface area contributed by atoms with E-state index in [-0.39, 0.29) is 0 Å². The lowest BCUT2D eigenvalue weighted by atomic mass is 9.81. The molecule has 0 bridgehead atoms. The summed E-state index contributed by atoms with van der Waals surface area (Å²) in [4.78, 5) is 0. The summed E-state index contributed by atoms with van der Waals surface area (Å²) in [5.41, 5.74) is 3.08. The average Bonchev–Trinajstić information content (AvgIpc) is 3.17. The number of benzene rings is 1. The lowest BCUT2D eigenvalue weighted by Crippen LogP contribution is -2.36. The van der Waals surface area contributed by atoms with Gasteiger partial charge in [-0.3, -0.25) is 0 Å². The minimum atomic E-state index is 0.352. The number of fused-ring (bicyclic) bond motifs is 1. The molecule has 3 rings (SSSR count). The molecule has 0 amide bonds. The number of rotatable bonds is 6. The highest BCUT2D eigenvalue weighted by Crippen LogP contribution is 2.36. The van der Waals surface area contributed by atoms with Gasteiger partial charge in [-0.05, 0) is 49.7 Å². The smallest absolute Gasteiger partial charge is 0.123 e. The molecule has 1 fully saturated rings. The van der Waals surface area contributed by atoms with Gasteiger partial charge in [-0.25, -0.2) is 0 Å². The van der Waals surface area contributed by atoms with Crippen LogP contribution in [0.5, 0.6) is 5.75 Å². The van der Waals surface area contributed by atoms with Crippen LogP contribution in [-0.2, 0) is 6.42 Å². The van der Waals surface area contributed by atoms with Gasteiger partial charge in [0, 0.05) is 19.0 Å². The van der Waals surface area contributed by atoms with Crippen LogP contribution in [0.15, 0.2) is 18.2 Å². The summed E-state index contributed by atoms with van der Waals surface area (Å²) in [5.74, 6) is 1.11. The maximum absolute atomic E-state index is 6.15. The fourth-order valence-corrected chi connectivity index (χ4v) is 3.13. The molecule has 0 radical (unpaired) electrons. The van der Waals surface area contributed by atoms with Crippen molar-refractivity contribution >= 4 is 0 Å². The third kappa shape index (κ3) is 3.17. The molecule has 1 N–H and O–H groups in total. The van der Waals surface area contributed by atoms with E-state index < -0.39 is 0 Å². The quantitative estimate of drug-likeness (QED) is 0.850. The SMILES string of the molecule is CCC(C)(CNC1CC1)CC1Cc2cc(C)ccc2O1. The Labute approximate surface area is 122 Å². The highest BCUT2D eigenvalue weighted by atomic mass is 16.5. The van der Waals surface area contributed by atoms with Crippen molar-refractivity contribution < 1.29 is 4.74 Å². The number of nitrogens with one attached hydrogen (secondary N) is 1. The van der Waals surface area contributed by atoms with Crippen molar-refractivity contribution in [1.29, 1.82) is 0 Å². The van der Waals surface area contributed by atoms with Crippen LogP contribution in [0.1, 0.15) is 50.7 Å². The molecule has 1 aromatic carbocycles. The first-order valence-electron chi connectivity index (χ1n) is 8.07. The van der Waals surface area contributed by atoms with Crippen LogP contribution < -0.4 is 10.1 Å². The van der Waals surface area contributed by atoms with Crippen LogP contribution in [0.3, 0.4) is 0 Å². The maximum Gasteiger partial charge on any atom is 0.123 e. The van der Waals surface area contributed by atoms with E-state index >= 15 is 0 Å². The molecule has 0 saturated heterocycles. The molecule has 20 heavy (non-hydrogen) atoms. The zero-order valence-corrected chi connectivity index (χ0v) is 13.0. The first-order chi connectivity index (χ1) is 9.58. The van der Waals surface area contributed by atoms with Gasteiger partial charge in [0.25, 0.3) is 0 Å². The molecular weight excluding hydrogens is 246 g/mol. The van der Waals surface area contributed by atoms with E-state index in [2.05, 4.69) is 44.3 Å². The lowest BCUT2D eigenvalue weighted by Gasteiger charge is -2.31. The van der Waals surface area contributed by atoms with Gasteiger partial charge in [0.1, 0.15) is 11.9 Å². The third-order valence-corrected chi connectivity index (χ3v) is 4.93. The molecule has 110 valence electrons. The topological polar surface area (TPSA) is 21.3 Å². The van der Waals surface area contributed by atoms with Crippen LogP contribution in [0.25, 0.3) is 0 Å². The monoisotopic (exact) mass is 273 g/mol. The highest BCUT2D eigenvalue weighted by molar-refractivity contribution is 5.40. The Morgan fingerprint density at radius 3 is 2.85 bits per heavy atom. The van der Waals surface area contributed by atoms with E-state index in [4.69, 9.17) is 4.74 Å². The Morgan fingerprint density at radius 1 is 1.35 bits per heavy atom. The second kappa shape index (κ2) is 5.40. The molecule has 2 nitrogen and oxygen atoms in total. The highest BCUT2D eigenvalue weighted by Gasteiger charge is 2.33. The fourth-order valence-electron chi connectivity index (χ4n) is 3.13. The van der Waals surface area contributed by atoms with Crippen LogP contribution in [-0.4, -0.2) is 18.7 Å². The summed E-state index contributed by atoms with van der Waals surface area (Å²) in [6.45, 7) is 7.99. The minimum Gasteiger partial charge on any atom is -0.490 e. The lowest BCUT2D eigenvalue weighted by molar-refractivity contribution is 0.139. The van der Waals surface area contributed by atoms with Gasteiger partial charge in [0.2, 0.25) is 0 Å². The van der Waals surface area contributed by atoms with E-state index in [1.54, 1.807) is 0 Å². The van der Waals surface area contributed by atoms with Gasteiger partial charge >= 0.3 is 0 Å². The number of aryl methyl sites for hydroxylation is 1. The second-order valence-electron chi connectivity index (χ2n) is 7.08. The first-order valence-corrected chi connectivity index (χ1v) is 8.07. The number of hydrogen-bond acceptors (Lipinski definition) is 2. The average molecular weight is 273 g/mol. The molecule has 0 aromatic heterocycles. The van der Waals surface area contributed by atoms with Crippen LogP contribution in [0.2, 0.25) is 0 Å². The van der Waals surface area contributed by atoms with Gasteiger partial charge < -0.3 is 10.1 Å². The van der Waals surface area contributed by atoms with Gasteiger partial charge in [-0.15, -0.1) is 0 Å². The summed E-state index contributed by atoms with van der Waals surface area (Å²) in [7, 11) is 0. The van der Waals surface area contributed by atoms with Crippen LogP contribution in [0, 0.1) is 12.3 Å². The van der Waals surface area contributed by atoms with Gasteiger partial charge in [0.05, 0.1) is 0 Å². The summed E-state index contributed by atoms with van der Waals surface area (Å²) < 4.78 is 6.15. The van der Waals surface area contributed by atoms with Crippen molar-refractivity contribution in [3.8, 4) is 5.75 Å². The molecule has 0 spiro atoms. The molecule has 2 heteroatoms. The van der Waals surface area contributed by atoms with Crippen molar-refractivity contribution in [3.63, 3.8) is 0 Å². The maximum atomic E-state index is 6.15. The summed E-state index contributed by atoms with van der Waals surface area (Å²) in [5, 5.41) is 3.70. The van der Waals surface area contributed by atoms with Crippen molar-refractivity contribution in [2.24, 2.45) is 5.41 Å². The first kappa shape index (κ1) is 13.9. The summed E-state index contributed by atoms with van der Waals surface area (Å²) >= 11 is 0. The Kier molecular flexibility index (Phi) is 3.76. The van der Waals surface area contributed by atoms with Crippen molar-refractivity contribution in [1.82, 2.24) is 5.32 Å². The van der Waals surface area contributed by atoms with Crippen LogP contribution in [0.4, 0.5) is 0 Å². The molecule has 1 aliphatic carbocycles. The van der Waals surface area contributed by atoms with Crippen LogP contribution >= 0.6 is 0 Å². The summed E-state index contributed by atoms with van der Waals surface area (Å²) in [6.07, 6.45) is 6.53. The molecule has 2 aliphatic rings. The predicted octanol–water partition coefficient (Wildman–Crippen LogP) is 3.86. The Balaban J connectivity index is 1.59. The molecule has 1 aromatic rings. The zero-order chi connectivity index (χ0) is 14.2. The Morgan fingerprint density at radius 2 is 2.15 bits per heavy atom. The molecule has 2 unspecified atom stereocenters. The van der Waals surface area contributed by atoms with Crippen molar-refractivity contribution in [2.75, 3.05) is 6.54 Å². The number of ether oxygens (including phenoxy) is 1. The van der Waals surface area contributed by atoms with E-state index in [0.717, 1.165) is 31.2 Å². The molecule has 1 saturated carbocycles. The standard InChI is InChI=1S/C18H27NO/c1-4-18(3,12-19-15-6-7-15)11-16-10-14-9-13(2)5-8-17(14)20-16/h5,8-9,15-16,19H,4,6-7,10-12H2,1-3H3. The molecular formula is C18H27NO. The summed E-state index contributed by atoms with van der Waals surface area (Å²) in [6, 6.07) is 7.36. The van der Waals surface area contributed by atoms with E-state index in [1.807, 2.05) is 0 Å². The van der Waals surface area contributed by atoms with Gasteiger partial charge in [-0.1, -0.05) is 31.5 Å². The molecule has 2 atom stereocenters.